The van der Waals surface area contributed by atoms with Crippen molar-refractivity contribution in [3.63, 3.8) is 0 Å². The first-order valence-corrected chi connectivity index (χ1v) is 10.3. The van der Waals surface area contributed by atoms with Gasteiger partial charge in [0.05, 0.1) is 21.4 Å². The number of ether oxygens (including phenoxy) is 2. The minimum Gasteiger partial charge on any atom is -0.493 e. The van der Waals surface area contributed by atoms with Crippen LogP contribution in [0.2, 0.25) is 0 Å². The number of carbonyl (C=O) groups is 1. The highest BCUT2D eigenvalue weighted by Gasteiger charge is 2.29. The number of nitrogens with zero attached hydrogens (tertiary/aromatic N) is 3. The van der Waals surface area contributed by atoms with Gasteiger partial charge in [-0.1, -0.05) is 0 Å². The third-order valence-electron chi connectivity index (χ3n) is 4.27. The van der Waals surface area contributed by atoms with E-state index in [0.29, 0.717) is 26.0 Å². The van der Waals surface area contributed by atoms with Crippen LogP contribution in [-0.2, 0) is 11.4 Å². The molecule has 8 nitrogen and oxygen atoms in total. The molecule has 156 valence electrons. The number of hydrogen-bond donors (Lipinski definition) is 0. The highest BCUT2D eigenvalue weighted by atomic mass is 79.9. The van der Waals surface area contributed by atoms with Gasteiger partial charge >= 0.3 is 0 Å². The van der Waals surface area contributed by atoms with Gasteiger partial charge in [0.2, 0.25) is 0 Å². The van der Waals surface area contributed by atoms with Crippen molar-refractivity contribution in [3.05, 3.63) is 67.0 Å². The van der Waals surface area contributed by atoms with Gasteiger partial charge in [0, 0.05) is 26.2 Å². The second kappa shape index (κ2) is 9.31. The number of benzene rings is 2. The summed E-state index contributed by atoms with van der Waals surface area (Å²) in [7, 11) is 4.86. The van der Waals surface area contributed by atoms with Crippen molar-refractivity contribution in [1.29, 1.82) is 0 Å². The maximum atomic E-state index is 12.4. The number of amides is 1. The molecular formula is C20H18BrN3O5S. The smallest absolute Gasteiger partial charge is 0.269 e. The minimum absolute atomic E-state index is 0.0242. The summed E-state index contributed by atoms with van der Waals surface area (Å²) in [5, 5.41) is 11.4. The number of rotatable bonds is 6. The van der Waals surface area contributed by atoms with Gasteiger partial charge < -0.3 is 9.47 Å². The molecule has 1 aliphatic heterocycles. The van der Waals surface area contributed by atoms with E-state index in [0.717, 1.165) is 11.1 Å². The Morgan fingerprint density at radius 2 is 2.00 bits per heavy atom. The van der Waals surface area contributed by atoms with Crippen molar-refractivity contribution in [3.8, 4) is 11.5 Å². The lowest BCUT2D eigenvalue weighted by atomic mass is 10.1. The van der Waals surface area contributed by atoms with Crippen LogP contribution < -0.4 is 9.47 Å². The molecule has 0 radical (unpaired) electrons. The average molecular weight is 492 g/mol. The molecule has 30 heavy (non-hydrogen) atoms. The molecule has 0 bridgehead atoms. The van der Waals surface area contributed by atoms with E-state index in [1.165, 1.54) is 35.9 Å². The fourth-order valence-corrected chi connectivity index (χ4v) is 4.23. The number of carbonyl (C=O) groups excluding carboxylic acids is 1. The minimum atomic E-state index is -0.446. The molecule has 0 saturated carbocycles. The second-order valence-electron chi connectivity index (χ2n) is 6.23. The Morgan fingerprint density at radius 3 is 2.57 bits per heavy atom. The van der Waals surface area contributed by atoms with Crippen LogP contribution in [0.4, 0.5) is 5.69 Å². The highest BCUT2D eigenvalue weighted by Crippen LogP contribution is 2.39. The van der Waals surface area contributed by atoms with Gasteiger partial charge in [0.1, 0.15) is 6.61 Å². The van der Waals surface area contributed by atoms with Crippen LogP contribution in [0.25, 0.3) is 6.08 Å². The molecule has 1 amide bonds. The van der Waals surface area contributed by atoms with Crippen molar-refractivity contribution < 1.29 is 19.2 Å². The normalized spacial score (nSPS) is 16.4. The number of hydrogen-bond acceptors (Lipinski definition) is 7. The molecule has 3 rings (SSSR count). The van der Waals surface area contributed by atoms with E-state index in [1.807, 2.05) is 6.07 Å². The van der Waals surface area contributed by atoms with Crippen molar-refractivity contribution in [2.45, 2.75) is 6.61 Å². The summed E-state index contributed by atoms with van der Waals surface area (Å²) >= 11 is 4.80. The first-order chi connectivity index (χ1) is 14.3. The first kappa shape index (κ1) is 21.8. The first-order valence-electron chi connectivity index (χ1n) is 8.72. The topological polar surface area (TPSA) is 94.3 Å². The fourth-order valence-electron chi connectivity index (χ4n) is 2.73. The van der Waals surface area contributed by atoms with Crippen molar-refractivity contribution in [2.24, 2.45) is 4.99 Å². The van der Waals surface area contributed by atoms with E-state index in [4.69, 9.17) is 9.47 Å². The summed E-state index contributed by atoms with van der Waals surface area (Å²) in [6, 6.07) is 9.75. The molecule has 0 aliphatic carbocycles. The zero-order chi connectivity index (χ0) is 21.8. The predicted molar refractivity (Wildman–Crippen MR) is 120 cm³/mol. The van der Waals surface area contributed by atoms with E-state index < -0.39 is 4.92 Å². The maximum absolute atomic E-state index is 12.4. The molecule has 0 N–H and O–H groups in total. The summed E-state index contributed by atoms with van der Waals surface area (Å²) in [6.45, 7) is 0.211. The summed E-state index contributed by atoms with van der Waals surface area (Å²) in [5.41, 5.74) is 1.57. The lowest BCUT2D eigenvalue weighted by Gasteiger charge is -2.14. The second-order valence-corrected chi connectivity index (χ2v) is 8.09. The Bertz CT molecular complexity index is 1050. The van der Waals surface area contributed by atoms with Gasteiger partial charge in [0.15, 0.2) is 16.7 Å². The van der Waals surface area contributed by atoms with Gasteiger partial charge in [-0.05, 0) is 69.2 Å². The quantitative estimate of drug-likeness (QED) is 0.336. The number of thioether (sulfide) groups is 1. The molecule has 1 fully saturated rings. The molecule has 0 spiro atoms. The molecule has 1 heterocycles. The molecular weight excluding hydrogens is 474 g/mol. The molecule has 0 aromatic heterocycles. The van der Waals surface area contributed by atoms with E-state index in [-0.39, 0.29) is 18.2 Å². The number of likely N-dealkylation sites (N-methyl/N-ethyl adjacent to an activating group) is 1. The van der Waals surface area contributed by atoms with E-state index in [2.05, 4.69) is 20.9 Å². The zero-order valence-electron chi connectivity index (χ0n) is 16.4. The Balaban J connectivity index is 1.81. The van der Waals surface area contributed by atoms with Gasteiger partial charge in [-0.2, -0.15) is 0 Å². The van der Waals surface area contributed by atoms with Gasteiger partial charge in [-0.15, -0.1) is 0 Å². The van der Waals surface area contributed by atoms with Crippen LogP contribution in [0.1, 0.15) is 11.1 Å². The molecule has 10 heteroatoms. The van der Waals surface area contributed by atoms with Gasteiger partial charge in [-0.3, -0.25) is 24.8 Å². The number of aliphatic imine (C=N–C) groups is 1. The molecule has 1 saturated heterocycles. The van der Waals surface area contributed by atoms with Crippen molar-refractivity contribution >= 4 is 50.5 Å². The summed E-state index contributed by atoms with van der Waals surface area (Å²) in [4.78, 5) is 28.8. The van der Waals surface area contributed by atoms with Gasteiger partial charge in [0.25, 0.3) is 11.6 Å². The highest BCUT2D eigenvalue weighted by molar-refractivity contribution is 9.10. The van der Waals surface area contributed by atoms with Crippen LogP contribution in [-0.4, -0.2) is 42.1 Å². The third-order valence-corrected chi connectivity index (χ3v) is 6.02. The number of nitro benzene ring substituents is 1. The Labute approximate surface area is 185 Å². The lowest BCUT2D eigenvalue weighted by molar-refractivity contribution is -0.384. The van der Waals surface area contributed by atoms with E-state index >= 15 is 0 Å². The Hall–Kier alpha value is -2.85. The zero-order valence-corrected chi connectivity index (χ0v) is 18.8. The monoisotopic (exact) mass is 491 g/mol. The predicted octanol–water partition coefficient (Wildman–Crippen LogP) is 4.48. The number of halogens is 1. The number of nitro groups is 1. The largest absolute Gasteiger partial charge is 0.493 e. The molecule has 2 aromatic rings. The van der Waals surface area contributed by atoms with E-state index in [9.17, 15) is 14.9 Å². The number of non-ortho nitro benzene ring substituents is 1. The van der Waals surface area contributed by atoms with Crippen molar-refractivity contribution in [1.82, 2.24) is 4.90 Å². The van der Waals surface area contributed by atoms with Crippen LogP contribution in [0, 0.1) is 10.1 Å². The van der Waals surface area contributed by atoms with Crippen LogP contribution in [0.5, 0.6) is 11.5 Å². The summed E-state index contributed by atoms with van der Waals surface area (Å²) in [6.07, 6.45) is 1.77. The van der Waals surface area contributed by atoms with Crippen LogP contribution >= 0.6 is 27.7 Å². The SMILES string of the molecule is CN=C1S/C(=C/c2cc(Br)c(OCc3ccc([N+](=O)[O-])cc3)c(OC)c2)C(=O)N1C. The summed E-state index contributed by atoms with van der Waals surface area (Å²) in [5.74, 6) is 0.872. The fraction of sp³-hybridized carbons (Fsp3) is 0.200. The summed E-state index contributed by atoms with van der Waals surface area (Å²) < 4.78 is 12.0. The van der Waals surface area contributed by atoms with Crippen LogP contribution in [0.15, 0.2) is 50.8 Å². The van der Waals surface area contributed by atoms with Crippen molar-refractivity contribution in [2.75, 3.05) is 21.2 Å². The number of amidine groups is 1. The average Bonchev–Trinajstić information content (AvgIpc) is 3.00. The van der Waals surface area contributed by atoms with E-state index in [1.54, 1.807) is 38.4 Å². The number of methoxy groups -OCH3 is 1. The Morgan fingerprint density at radius 1 is 1.30 bits per heavy atom. The van der Waals surface area contributed by atoms with Crippen LogP contribution in [0.3, 0.4) is 0 Å². The molecule has 0 atom stereocenters. The third kappa shape index (κ3) is 4.65. The lowest BCUT2D eigenvalue weighted by Crippen LogP contribution is -2.23. The molecule has 0 unspecified atom stereocenters. The Kier molecular flexibility index (Phi) is 6.78. The standard InChI is InChI=1S/C20H18BrN3O5S/c1-22-20-23(2)19(25)17(30-20)10-13-8-15(21)18(16(9-13)28-3)29-11-12-4-6-14(7-5-12)24(26)27/h4-10H,11H2,1-3H3/b17-10+,22-20?. The molecule has 1 aliphatic rings. The van der Waals surface area contributed by atoms with Gasteiger partial charge in [-0.25, -0.2) is 0 Å². The maximum Gasteiger partial charge on any atom is 0.269 e. The molecule has 2 aromatic carbocycles.